The zero-order valence-electron chi connectivity index (χ0n) is 21.3. The molecule has 2 amide bonds. The van der Waals surface area contributed by atoms with Crippen molar-refractivity contribution in [2.75, 3.05) is 18.1 Å². The number of aliphatic hydroxyl groups excluding tert-OH is 1. The van der Waals surface area contributed by atoms with E-state index in [0.29, 0.717) is 29.1 Å². The molecular formula is C29H31ClN2O6. The first-order valence-electron chi connectivity index (χ1n) is 12.7. The van der Waals surface area contributed by atoms with Crippen LogP contribution >= 0.6 is 11.6 Å². The second kappa shape index (κ2) is 9.52. The van der Waals surface area contributed by atoms with Gasteiger partial charge in [0.25, 0.3) is 5.91 Å². The largest absolute Gasteiger partial charge is 0.481 e. The van der Waals surface area contributed by atoms with Crippen LogP contribution in [-0.4, -0.2) is 63.3 Å². The van der Waals surface area contributed by atoms with Gasteiger partial charge in [-0.3, -0.25) is 14.4 Å². The minimum atomic E-state index is -1.36. The number of aryl methyl sites for hydroxylation is 1. The summed E-state index contributed by atoms with van der Waals surface area (Å²) < 4.78 is 6.50. The number of para-hydroxylation sites is 1. The number of carbonyl (C=O) groups excluding carboxylic acids is 2. The monoisotopic (exact) mass is 538 g/mol. The molecule has 9 heteroatoms. The summed E-state index contributed by atoms with van der Waals surface area (Å²) in [4.78, 5) is 44.2. The summed E-state index contributed by atoms with van der Waals surface area (Å²) in [6, 6.07) is 12.2. The Hall–Kier alpha value is -3.20. The lowest BCUT2D eigenvalue weighted by molar-refractivity contribution is -0.155. The molecule has 0 aromatic heterocycles. The van der Waals surface area contributed by atoms with Gasteiger partial charge in [0.15, 0.2) is 0 Å². The third kappa shape index (κ3) is 3.69. The SMILES string of the molecule is C=CCN(C(=O)C1N([C@H](CO)c2ccccc2)C(=O)[C@@H]2[C@@H](C(=O)O)[C@@]3(C)CCC12O3)c1c(C)cccc1Cl. The molecule has 2 bridgehead atoms. The Balaban J connectivity index is 1.70. The highest BCUT2D eigenvalue weighted by molar-refractivity contribution is 6.34. The number of likely N-dealkylation sites (tertiary alicyclic amines) is 1. The number of carbonyl (C=O) groups is 3. The highest BCUT2D eigenvalue weighted by Gasteiger charge is 2.79. The molecule has 200 valence electrons. The molecule has 3 saturated heterocycles. The van der Waals surface area contributed by atoms with Crippen LogP contribution in [-0.2, 0) is 19.1 Å². The predicted molar refractivity (Wildman–Crippen MR) is 142 cm³/mol. The van der Waals surface area contributed by atoms with E-state index in [1.165, 1.54) is 9.80 Å². The fraction of sp³-hybridized carbons (Fsp3) is 0.414. The summed E-state index contributed by atoms with van der Waals surface area (Å²) in [5.41, 5.74) is -0.564. The molecule has 3 heterocycles. The van der Waals surface area contributed by atoms with E-state index in [4.69, 9.17) is 16.3 Å². The first kappa shape index (κ1) is 26.4. The smallest absolute Gasteiger partial charge is 0.310 e. The first-order valence-corrected chi connectivity index (χ1v) is 13.1. The highest BCUT2D eigenvalue weighted by atomic mass is 35.5. The lowest BCUT2D eigenvalue weighted by Crippen LogP contribution is -2.57. The van der Waals surface area contributed by atoms with E-state index in [0.717, 1.165) is 5.56 Å². The van der Waals surface area contributed by atoms with Gasteiger partial charge in [-0.2, -0.15) is 0 Å². The number of nitrogens with zero attached hydrogens (tertiary/aromatic N) is 2. The van der Waals surface area contributed by atoms with Crippen molar-refractivity contribution in [3.63, 3.8) is 0 Å². The summed E-state index contributed by atoms with van der Waals surface area (Å²) in [7, 11) is 0. The Morgan fingerprint density at radius 2 is 1.95 bits per heavy atom. The fourth-order valence-electron chi connectivity index (χ4n) is 6.92. The number of carboxylic acids is 1. The van der Waals surface area contributed by atoms with Gasteiger partial charge in [-0.05, 0) is 43.9 Å². The summed E-state index contributed by atoms with van der Waals surface area (Å²) in [5, 5.41) is 21.1. The maximum atomic E-state index is 14.7. The minimum Gasteiger partial charge on any atom is -0.481 e. The van der Waals surface area contributed by atoms with Crippen molar-refractivity contribution in [2.24, 2.45) is 11.8 Å². The van der Waals surface area contributed by atoms with Gasteiger partial charge < -0.3 is 24.7 Å². The maximum absolute atomic E-state index is 14.7. The average molecular weight is 539 g/mol. The number of aliphatic carboxylic acids is 1. The molecule has 0 radical (unpaired) electrons. The van der Waals surface area contributed by atoms with E-state index in [9.17, 15) is 24.6 Å². The molecule has 1 spiro atoms. The van der Waals surface area contributed by atoms with Gasteiger partial charge >= 0.3 is 5.97 Å². The summed E-state index contributed by atoms with van der Waals surface area (Å²) in [6.45, 7) is 7.02. The Labute approximate surface area is 226 Å². The topological polar surface area (TPSA) is 107 Å². The van der Waals surface area contributed by atoms with Crippen LogP contribution in [0.1, 0.15) is 36.9 Å². The van der Waals surface area contributed by atoms with Crippen molar-refractivity contribution in [1.82, 2.24) is 4.90 Å². The number of benzene rings is 2. The van der Waals surface area contributed by atoms with Gasteiger partial charge in [0.2, 0.25) is 5.91 Å². The number of rotatable bonds is 8. The van der Waals surface area contributed by atoms with Crippen molar-refractivity contribution in [1.29, 1.82) is 0 Å². The van der Waals surface area contributed by atoms with Gasteiger partial charge in [0.05, 0.1) is 40.8 Å². The highest BCUT2D eigenvalue weighted by Crippen LogP contribution is 2.64. The van der Waals surface area contributed by atoms with Crippen LogP contribution in [0.2, 0.25) is 5.02 Å². The molecule has 38 heavy (non-hydrogen) atoms. The van der Waals surface area contributed by atoms with E-state index in [-0.39, 0.29) is 6.54 Å². The molecule has 8 nitrogen and oxygen atoms in total. The van der Waals surface area contributed by atoms with Crippen LogP contribution in [0.5, 0.6) is 0 Å². The van der Waals surface area contributed by atoms with E-state index in [1.54, 1.807) is 49.4 Å². The van der Waals surface area contributed by atoms with Crippen molar-refractivity contribution in [2.45, 2.75) is 50.0 Å². The lowest BCUT2D eigenvalue weighted by Gasteiger charge is -2.40. The third-order valence-electron chi connectivity index (χ3n) is 8.44. The molecule has 3 fully saturated rings. The number of ether oxygens (including phenoxy) is 1. The van der Waals surface area contributed by atoms with Crippen LogP contribution in [0.25, 0.3) is 0 Å². The van der Waals surface area contributed by atoms with Gasteiger partial charge in [0, 0.05) is 6.54 Å². The number of fused-ring (bicyclic) bond motifs is 1. The molecule has 5 rings (SSSR count). The summed E-state index contributed by atoms with van der Waals surface area (Å²) in [6.07, 6.45) is 2.31. The predicted octanol–water partition coefficient (Wildman–Crippen LogP) is 3.75. The van der Waals surface area contributed by atoms with Gasteiger partial charge in [0.1, 0.15) is 11.6 Å². The maximum Gasteiger partial charge on any atom is 0.310 e. The molecule has 2 unspecified atom stereocenters. The van der Waals surface area contributed by atoms with Crippen LogP contribution in [0, 0.1) is 18.8 Å². The van der Waals surface area contributed by atoms with Gasteiger partial charge in [-0.1, -0.05) is 60.1 Å². The van der Waals surface area contributed by atoms with Crippen molar-refractivity contribution in [3.05, 3.63) is 77.3 Å². The van der Waals surface area contributed by atoms with Crippen LogP contribution in [0.3, 0.4) is 0 Å². The number of aliphatic hydroxyl groups is 1. The molecule has 2 aromatic carbocycles. The molecule has 6 atom stereocenters. The van der Waals surface area contributed by atoms with Crippen molar-refractivity contribution >= 4 is 35.1 Å². The van der Waals surface area contributed by atoms with Crippen molar-refractivity contribution in [3.8, 4) is 0 Å². The quantitative estimate of drug-likeness (QED) is 0.496. The van der Waals surface area contributed by atoms with Gasteiger partial charge in [-0.25, -0.2) is 0 Å². The van der Waals surface area contributed by atoms with Crippen LogP contribution < -0.4 is 4.90 Å². The number of hydrogen-bond acceptors (Lipinski definition) is 5. The molecule has 3 aliphatic rings. The lowest BCUT2D eigenvalue weighted by atomic mass is 9.66. The Morgan fingerprint density at radius 3 is 2.55 bits per heavy atom. The first-order chi connectivity index (χ1) is 18.1. The minimum absolute atomic E-state index is 0.109. The van der Waals surface area contributed by atoms with E-state index >= 15 is 0 Å². The number of anilines is 1. The normalized spacial score (nSPS) is 30.3. The van der Waals surface area contributed by atoms with E-state index in [1.807, 2.05) is 19.1 Å². The van der Waals surface area contributed by atoms with Crippen molar-refractivity contribution < 1.29 is 29.3 Å². The molecule has 2 aromatic rings. The van der Waals surface area contributed by atoms with E-state index in [2.05, 4.69) is 6.58 Å². The van der Waals surface area contributed by atoms with Crippen LogP contribution in [0.4, 0.5) is 5.69 Å². The number of halogens is 1. The zero-order chi connectivity index (χ0) is 27.4. The number of carboxylic acid groups (broad SMARTS) is 1. The molecular weight excluding hydrogens is 508 g/mol. The molecule has 0 aliphatic carbocycles. The standard InChI is InChI=1S/C29H31ClN2O6/c1-4-15-31(23-17(2)9-8-12-19(23)30)26(35)24-29-14-13-28(3,38-29)22(27(36)37)21(29)25(34)32(24)20(16-33)18-10-6-5-7-11-18/h4-12,20-22,24,33H,1,13-16H2,2-3H3,(H,36,37)/t20-,21+,22+,24?,28-,29?/m1/s1. The Morgan fingerprint density at radius 1 is 1.24 bits per heavy atom. The second-order valence-electron chi connectivity index (χ2n) is 10.6. The average Bonchev–Trinajstić information content (AvgIpc) is 3.45. The summed E-state index contributed by atoms with van der Waals surface area (Å²) in [5.74, 6) is -4.28. The Bertz CT molecular complexity index is 1280. The van der Waals surface area contributed by atoms with Gasteiger partial charge in [-0.15, -0.1) is 6.58 Å². The Kier molecular flexibility index (Phi) is 6.62. The van der Waals surface area contributed by atoms with E-state index < -0.39 is 59.5 Å². The zero-order valence-corrected chi connectivity index (χ0v) is 22.1. The fourth-order valence-corrected chi connectivity index (χ4v) is 7.24. The molecule has 0 saturated carbocycles. The van der Waals surface area contributed by atoms with Crippen LogP contribution in [0.15, 0.2) is 61.2 Å². The molecule has 3 aliphatic heterocycles. The summed E-state index contributed by atoms with van der Waals surface area (Å²) >= 11 is 6.58. The third-order valence-corrected chi connectivity index (χ3v) is 8.75. The molecule has 2 N–H and O–H groups in total. The number of amides is 2. The second-order valence-corrected chi connectivity index (χ2v) is 11.0. The number of hydrogen-bond donors (Lipinski definition) is 2.